The van der Waals surface area contributed by atoms with Crippen molar-refractivity contribution >= 4 is 29.0 Å². The maximum absolute atomic E-state index is 13.6. The lowest BCUT2D eigenvalue weighted by Gasteiger charge is -2.26. The Kier molecular flexibility index (Phi) is 5.35. The molecule has 2 aromatic carbocycles. The summed E-state index contributed by atoms with van der Waals surface area (Å²) in [5.74, 6) is -0.385. The maximum atomic E-state index is 13.6. The molecule has 6 nitrogen and oxygen atoms in total. The fourth-order valence-corrected chi connectivity index (χ4v) is 4.41. The highest BCUT2D eigenvalue weighted by atomic mass is 32.1. The first-order valence-electron chi connectivity index (χ1n) is 10.2. The van der Waals surface area contributed by atoms with Crippen molar-refractivity contribution in [2.75, 3.05) is 4.90 Å². The van der Waals surface area contributed by atoms with Crippen molar-refractivity contribution in [2.24, 2.45) is 0 Å². The molecule has 2 unspecified atom stereocenters. The summed E-state index contributed by atoms with van der Waals surface area (Å²) in [4.78, 5) is 18.0. The van der Waals surface area contributed by atoms with Crippen LogP contribution in [0.3, 0.4) is 0 Å². The Balaban J connectivity index is 1.61. The first-order chi connectivity index (χ1) is 16.0. The standard InChI is InChI=1S/C25H18FN3O3S/c26-15-8-10-16(11-9-15)29-23(22(28-25(29)33)19-7-3-4-14-27-19)21-13-12-20(32-21)17-5-1-2-6-18(17)24(30)31/h1-14,22-23H,(H,28,33)(H,30,31). The van der Waals surface area contributed by atoms with Gasteiger partial charge in [-0.15, -0.1) is 0 Å². The smallest absolute Gasteiger partial charge is 0.336 e. The number of carboxylic acids is 1. The third-order valence-corrected chi connectivity index (χ3v) is 5.86. The van der Waals surface area contributed by atoms with Gasteiger partial charge in [-0.2, -0.15) is 0 Å². The summed E-state index contributed by atoms with van der Waals surface area (Å²) in [5.41, 5.74) is 2.09. The molecule has 4 aromatic rings. The molecular weight excluding hydrogens is 441 g/mol. The highest BCUT2D eigenvalue weighted by Crippen LogP contribution is 2.43. The molecule has 33 heavy (non-hydrogen) atoms. The molecule has 0 saturated carbocycles. The van der Waals surface area contributed by atoms with Crippen LogP contribution in [0.5, 0.6) is 0 Å². The second-order valence-corrected chi connectivity index (χ2v) is 7.91. The van der Waals surface area contributed by atoms with Gasteiger partial charge in [-0.05, 0) is 66.8 Å². The van der Waals surface area contributed by atoms with Crippen molar-refractivity contribution in [2.45, 2.75) is 12.1 Å². The van der Waals surface area contributed by atoms with Crippen molar-refractivity contribution in [3.8, 4) is 11.3 Å². The molecule has 1 aliphatic heterocycles. The van der Waals surface area contributed by atoms with Gasteiger partial charge in [0.15, 0.2) is 5.11 Å². The fourth-order valence-electron chi connectivity index (χ4n) is 4.06. The molecule has 8 heteroatoms. The molecule has 1 aliphatic rings. The average molecular weight is 460 g/mol. The van der Waals surface area contributed by atoms with Crippen LogP contribution < -0.4 is 10.2 Å². The van der Waals surface area contributed by atoms with Crippen molar-refractivity contribution in [3.05, 3.63) is 108 Å². The molecule has 1 saturated heterocycles. The number of furan rings is 1. The molecule has 0 aliphatic carbocycles. The lowest BCUT2D eigenvalue weighted by Crippen LogP contribution is -2.29. The number of carbonyl (C=O) groups is 1. The molecular formula is C25H18FN3O3S. The second-order valence-electron chi connectivity index (χ2n) is 7.53. The minimum Gasteiger partial charge on any atom is -0.478 e. The Labute approximate surface area is 194 Å². The van der Waals surface area contributed by atoms with Crippen molar-refractivity contribution in [1.29, 1.82) is 0 Å². The number of benzene rings is 2. The summed E-state index contributed by atoms with van der Waals surface area (Å²) in [6.07, 6.45) is 1.70. The molecule has 1 fully saturated rings. The Morgan fingerprint density at radius 3 is 2.52 bits per heavy atom. The van der Waals surface area contributed by atoms with Crippen LogP contribution in [0.4, 0.5) is 10.1 Å². The van der Waals surface area contributed by atoms with E-state index in [1.807, 2.05) is 23.1 Å². The Bertz CT molecular complexity index is 1320. The van der Waals surface area contributed by atoms with E-state index in [9.17, 15) is 14.3 Å². The van der Waals surface area contributed by atoms with E-state index in [0.717, 1.165) is 5.69 Å². The van der Waals surface area contributed by atoms with Gasteiger partial charge < -0.3 is 19.7 Å². The number of anilines is 1. The van der Waals surface area contributed by atoms with Crippen LogP contribution in [-0.4, -0.2) is 21.2 Å². The highest BCUT2D eigenvalue weighted by Gasteiger charge is 2.42. The van der Waals surface area contributed by atoms with E-state index >= 15 is 0 Å². The van der Waals surface area contributed by atoms with Gasteiger partial charge in [0.25, 0.3) is 0 Å². The molecule has 164 valence electrons. The van der Waals surface area contributed by atoms with Gasteiger partial charge in [-0.3, -0.25) is 4.98 Å². The van der Waals surface area contributed by atoms with Crippen LogP contribution in [0.2, 0.25) is 0 Å². The summed E-state index contributed by atoms with van der Waals surface area (Å²) in [5, 5.41) is 13.3. The molecule has 0 radical (unpaired) electrons. The molecule has 0 spiro atoms. The van der Waals surface area contributed by atoms with Crippen LogP contribution in [0, 0.1) is 5.82 Å². The first-order valence-corrected chi connectivity index (χ1v) is 10.6. The van der Waals surface area contributed by atoms with Crippen LogP contribution in [0.25, 0.3) is 11.3 Å². The number of rotatable bonds is 5. The summed E-state index contributed by atoms with van der Waals surface area (Å²) in [6.45, 7) is 0. The quantitative estimate of drug-likeness (QED) is 0.389. The van der Waals surface area contributed by atoms with E-state index < -0.39 is 12.0 Å². The van der Waals surface area contributed by atoms with E-state index in [0.29, 0.717) is 27.9 Å². The molecule has 2 aromatic heterocycles. The van der Waals surface area contributed by atoms with Crippen LogP contribution in [-0.2, 0) is 0 Å². The largest absolute Gasteiger partial charge is 0.478 e. The number of aromatic carboxylic acids is 1. The lowest BCUT2D eigenvalue weighted by atomic mass is 10.0. The normalized spacial score (nSPS) is 17.7. The highest BCUT2D eigenvalue weighted by molar-refractivity contribution is 7.80. The Hall–Kier alpha value is -4.04. The third-order valence-electron chi connectivity index (χ3n) is 5.54. The molecule has 2 N–H and O–H groups in total. The van der Waals surface area contributed by atoms with Gasteiger partial charge in [0.05, 0.1) is 17.3 Å². The third kappa shape index (κ3) is 3.85. The van der Waals surface area contributed by atoms with E-state index in [1.54, 1.807) is 48.7 Å². The van der Waals surface area contributed by atoms with Crippen molar-refractivity contribution < 1.29 is 18.7 Å². The zero-order valence-electron chi connectivity index (χ0n) is 17.2. The zero-order chi connectivity index (χ0) is 22.9. The SMILES string of the molecule is O=C(O)c1ccccc1-c1ccc(C2C(c3ccccn3)NC(=S)N2c2ccc(F)cc2)o1. The lowest BCUT2D eigenvalue weighted by molar-refractivity contribution is 0.0697. The molecule has 3 heterocycles. The van der Waals surface area contributed by atoms with Crippen LogP contribution in [0.15, 0.2) is 89.5 Å². The van der Waals surface area contributed by atoms with Gasteiger partial charge in [-0.1, -0.05) is 24.3 Å². The minimum absolute atomic E-state index is 0.148. The first kappa shape index (κ1) is 20.8. The van der Waals surface area contributed by atoms with E-state index in [1.165, 1.54) is 18.2 Å². The summed E-state index contributed by atoms with van der Waals surface area (Å²) >= 11 is 5.64. The number of halogens is 1. The second kappa shape index (κ2) is 8.48. The summed E-state index contributed by atoms with van der Waals surface area (Å²) < 4.78 is 19.8. The van der Waals surface area contributed by atoms with Crippen molar-refractivity contribution in [1.82, 2.24) is 10.3 Å². The Morgan fingerprint density at radius 1 is 1.03 bits per heavy atom. The molecule has 2 atom stereocenters. The zero-order valence-corrected chi connectivity index (χ0v) is 18.0. The average Bonchev–Trinajstić information content (AvgIpc) is 3.45. The van der Waals surface area contributed by atoms with Crippen LogP contribution >= 0.6 is 12.2 Å². The monoisotopic (exact) mass is 459 g/mol. The number of carboxylic acid groups (broad SMARTS) is 1. The minimum atomic E-state index is -1.04. The van der Waals surface area contributed by atoms with Gasteiger partial charge in [0.1, 0.15) is 23.4 Å². The predicted molar refractivity (Wildman–Crippen MR) is 125 cm³/mol. The fraction of sp³-hybridized carbons (Fsp3) is 0.0800. The van der Waals surface area contributed by atoms with Gasteiger partial charge >= 0.3 is 5.97 Å². The van der Waals surface area contributed by atoms with E-state index in [-0.39, 0.29) is 17.4 Å². The predicted octanol–water partition coefficient (Wildman–Crippen LogP) is 5.36. The molecule has 0 amide bonds. The van der Waals surface area contributed by atoms with Gasteiger partial charge in [-0.25, -0.2) is 9.18 Å². The number of thiocarbonyl (C=S) groups is 1. The summed E-state index contributed by atoms with van der Waals surface area (Å²) in [6, 6.07) is 21.1. The number of hydrogen-bond donors (Lipinski definition) is 2. The number of pyridine rings is 1. The van der Waals surface area contributed by atoms with Crippen LogP contribution in [0.1, 0.15) is 33.9 Å². The topological polar surface area (TPSA) is 78.6 Å². The number of nitrogens with one attached hydrogen (secondary N) is 1. The summed E-state index contributed by atoms with van der Waals surface area (Å²) in [7, 11) is 0. The Morgan fingerprint density at radius 2 is 1.79 bits per heavy atom. The molecule has 5 rings (SSSR count). The number of aromatic nitrogens is 1. The van der Waals surface area contributed by atoms with Gasteiger partial charge in [0.2, 0.25) is 0 Å². The number of hydrogen-bond acceptors (Lipinski definition) is 4. The van der Waals surface area contributed by atoms with E-state index in [4.69, 9.17) is 16.6 Å². The van der Waals surface area contributed by atoms with Crippen molar-refractivity contribution in [3.63, 3.8) is 0 Å². The maximum Gasteiger partial charge on any atom is 0.336 e. The molecule has 0 bridgehead atoms. The van der Waals surface area contributed by atoms with E-state index in [2.05, 4.69) is 10.3 Å². The number of nitrogens with zero attached hydrogens (tertiary/aromatic N) is 2. The van der Waals surface area contributed by atoms with Gasteiger partial charge in [0, 0.05) is 17.4 Å².